The van der Waals surface area contributed by atoms with Gasteiger partial charge in [-0.15, -0.1) is 0 Å². The number of anilines is 2. The van der Waals surface area contributed by atoms with Crippen molar-refractivity contribution in [1.82, 2.24) is 14.7 Å². The first-order valence-corrected chi connectivity index (χ1v) is 12.1. The first kappa shape index (κ1) is 24.4. The van der Waals surface area contributed by atoms with Crippen LogP contribution < -0.4 is 16.8 Å². The minimum atomic E-state index is -5.47. The first-order valence-electron chi connectivity index (χ1n) is 10.6. The number of aromatic nitrogens is 2. The number of aliphatic hydroxyl groups excluding tert-OH is 1. The number of halogens is 3. The number of nitrogens with two attached hydrogens (primary N) is 2. The lowest BCUT2D eigenvalue weighted by Crippen LogP contribution is -2.58. The Morgan fingerprint density at radius 1 is 1.18 bits per heavy atom. The Balaban J connectivity index is 1.50. The maximum atomic E-state index is 12.7. The van der Waals surface area contributed by atoms with Crippen LogP contribution in [0.15, 0.2) is 35.4 Å². The van der Waals surface area contributed by atoms with Gasteiger partial charge in [0.15, 0.2) is 5.82 Å². The summed E-state index contributed by atoms with van der Waals surface area (Å²) in [6.07, 6.45) is 3.41. The molecule has 186 valence electrons. The highest BCUT2D eigenvalue weighted by Crippen LogP contribution is 2.34. The van der Waals surface area contributed by atoms with E-state index in [2.05, 4.69) is 15.3 Å². The van der Waals surface area contributed by atoms with Crippen LogP contribution in [0, 0.1) is 0 Å². The second-order valence-electron chi connectivity index (χ2n) is 8.64. The quantitative estimate of drug-likeness (QED) is 0.458. The Morgan fingerprint density at radius 3 is 2.35 bits per heavy atom. The lowest BCUT2D eigenvalue weighted by atomic mass is 9.85. The number of hydrogen-bond acceptors (Lipinski definition) is 8. The highest BCUT2D eigenvalue weighted by Gasteiger charge is 2.46. The van der Waals surface area contributed by atoms with E-state index in [0.29, 0.717) is 25.9 Å². The number of aliphatic hydroxyl groups is 1. The molecule has 4 rings (SSSR count). The average Bonchev–Trinajstić information content (AvgIpc) is 3.14. The van der Waals surface area contributed by atoms with E-state index in [4.69, 9.17) is 11.5 Å². The predicted octanol–water partition coefficient (Wildman–Crippen LogP) is 1.12. The van der Waals surface area contributed by atoms with Gasteiger partial charge in [0.25, 0.3) is 15.7 Å². The Bertz CT molecular complexity index is 1160. The van der Waals surface area contributed by atoms with E-state index in [0.717, 1.165) is 30.7 Å². The number of alkyl halides is 3. The van der Waals surface area contributed by atoms with Gasteiger partial charge in [0.05, 0.1) is 17.0 Å². The number of rotatable bonds is 6. The minimum Gasteiger partial charge on any atom is -0.390 e. The van der Waals surface area contributed by atoms with Crippen LogP contribution in [0.25, 0.3) is 0 Å². The Morgan fingerprint density at radius 2 is 1.82 bits per heavy atom. The van der Waals surface area contributed by atoms with Gasteiger partial charge in [-0.05, 0) is 43.5 Å². The van der Waals surface area contributed by atoms with Crippen molar-refractivity contribution >= 4 is 27.2 Å². The fraction of sp³-hybridized carbons (Fsp3) is 0.500. The maximum Gasteiger partial charge on any atom is 0.501 e. The maximum absolute atomic E-state index is 12.7. The van der Waals surface area contributed by atoms with Gasteiger partial charge in [-0.2, -0.15) is 18.3 Å². The number of primary amides is 1. The SMILES string of the molecule is NC(=O)c1cn([C@H]2CC[C@@H](N3CC(O)C3)C[C@@H]2N)nc1Nc1ccc(S(=O)(=O)C(F)(F)F)cc1. The molecular weight excluding hydrogens is 477 g/mol. The van der Waals surface area contributed by atoms with E-state index in [-0.39, 0.29) is 41.3 Å². The Labute approximate surface area is 193 Å². The van der Waals surface area contributed by atoms with Crippen molar-refractivity contribution in [3.05, 3.63) is 36.0 Å². The normalized spacial score (nSPS) is 24.6. The topological polar surface area (TPSA) is 157 Å². The van der Waals surface area contributed by atoms with Crippen LogP contribution in [0.1, 0.15) is 35.7 Å². The Hall–Kier alpha value is -2.68. The summed E-state index contributed by atoms with van der Waals surface area (Å²) < 4.78 is 62.8. The van der Waals surface area contributed by atoms with Crippen molar-refractivity contribution in [2.45, 2.75) is 53.9 Å². The van der Waals surface area contributed by atoms with Gasteiger partial charge in [0.1, 0.15) is 5.56 Å². The number of amides is 1. The molecule has 0 spiro atoms. The number of likely N-dealkylation sites (tertiary alicyclic amines) is 1. The molecule has 0 bridgehead atoms. The molecule has 34 heavy (non-hydrogen) atoms. The van der Waals surface area contributed by atoms with Gasteiger partial charge < -0.3 is 21.9 Å². The molecule has 1 aromatic heterocycles. The third kappa shape index (κ3) is 4.62. The molecule has 1 aliphatic carbocycles. The molecule has 14 heteroatoms. The number of nitrogens with one attached hydrogen (secondary N) is 1. The summed E-state index contributed by atoms with van der Waals surface area (Å²) in [5.74, 6) is -0.680. The zero-order valence-electron chi connectivity index (χ0n) is 17.9. The Kier molecular flexibility index (Phi) is 6.35. The first-order chi connectivity index (χ1) is 15.9. The molecule has 3 atom stereocenters. The summed E-state index contributed by atoms with van der Waals surface area (Å²) in [4.78, 5) is 13.3. The fourth-order valence-electron chi connectivity index (χ4n) is 4.43. The highest BCUT2D eigenvalue weighted by molar-refractivity contribution is 7.92. The van der Waals surface area contributed by atoms with Crippen LogP contribution in [0.5, 0.6) is 0 Å². The average molecular weight is 503 g/mol. The molecule has 1 saturated carbocycles. The smallest absolute Gasteiger partial charge is 0.390 e. The summed E-state index contributed by atoms with van der Waals surface area (Å²) in [5.41, 5.74) is 6.75. The molecule has 2 aliphatic rings. The van der Waals surface area contributed by atoms with Crippen LogP contribution in [-0.4, -0.2) is 70.9 Å². The van der Waals surface area contributed by atoms with E-state index in [9.17, 15) is 31.5 Å². The summed E-state index contributed by atoms with van der Waals surface area (Å²) in [7, 11) is -5.47. The molecule has 1 amide bonds. The van der Waals surface area contributed by atoms with Gasteiger partial charge in [-0.1, -0.05) is 0 Å². The van der Waals surface area contributed by atoms with E-state index in [1.54, 1.807) is 4.68 Å². The van der Waals surface area contributed by atoms with Gasteiger partial charge in [-0.3, -0.25) is 14.4 Å². The summed E-state index contributed by atoms with van der Waals surface area (Å²) >= 11 is 0. The minimum absolute atomic E-state index is 0.0622. The summed E-state index contributed by atoms with van der Waals surface area (Å²) in [6, 6.07) is 3.73. The van der Waals surface area contributed by atoms with Crippen LogP contribution in [0.3, 0.4) is 0 Å². The number of carbonyl (C=O) groups is 1. The van der Waals surface area contributed by atoms with E-state index in [1.165, 1.54) is 6.20 Å². The molecule has 0 radical (unpaired) electrons. The zero-order chi connectivity index (χ0) is 24.8. The fourth-order valence-corrected chi connectivity index (χ4v) is 5.20. The van der Waals surface area contributed by atoms with Crippen molar-refractivity contribution < 1.29 is 31.5 Å². The highest BCUT2D eigenvalue weighted by atomic mass is 32.2. The number of nitrogens with zero attached hydrogens (tertiary/aromatic N) is 3. The largest absolute Gasteiger partial charge is 0.501 e. The van der Waals surface area contributed by atoms with Crippen LogP contribution >= 0.6 is 0 Å². The van der Waals surface area contributed by atoms with Crippen LogP contribution in [-0.2, 0) is 9.84 Å². The summed E-state index contributed by atoms with van der Waals surface area (Å²) in [5, 5.41) is 16.7. The molecule has 2 fully saturated rings. The number of benzene rings is 1. The molecule has 6 N–H and O–H groups in total. The summed E-state index contributed by atoms with van der Waals surface area (Å²) in [6.45, 7) is 1.26. The number of carbonyl (C=O) groups excluding carboxylic acids is 1. The van der Waals surface area contributed by atoms with E-state index in [1.807, 2.05) is 0 Å². The van der Waals surface area contributed by atoms with Gasteiger partial charge in [0, 0.05) is 37.1 Å². The van der Waals surface area contributed by atoms with Crippen molar-refractivity contribution in [2.75, 3.05) is 18.4 Å². The monoisotopic (exact) mass is 502 g/mol. The molecular formula is C20H25F3N6O4S. The number of sulfone groups is 1. The zero-order valence-corrected chi connectivity index (χ0v) is 18.8. The molecule has 2 heterocycles. The molecule has 1 aliphatic heterocycles. The van der Waals surface area contributed by atoms with Gasteiger partial charge >= 0.3 is 5.51 Å². The molecule has 1 saturated heterocycles. The molecule has 1 aromatic carbocycles. The predicted molar refractivity (Wildman–Crippen MR) is 116 cm³/mol. The second kappa shape index (κ2) is 8.83. The van der Waals surface area contributed by atoms with E-state index >= 15 is 0 Å². The number of hydrogen-bond donors (Lipinski definition) is 4. The van der Waals surface area contributed by atoms with Crippen LogP contribution in [0.4, 0.5) is 24.7 Å². The standard InChI is InChI=1S/C20H25F3N6O4S/c21-20(22,23)34(32,33)14-4-1-11(2-5-14)26-19-15(18(25)31)10-29(27-19)17-6-3-12(7-16(17)24)28-8-13(30)9-28/h1-2,4-5,10,12-13,16-17,30H,3,6-9,24H2,(H2,25,31)(H,26,27)/t12-,16+,17+/m1/s1. The molecule has 10 nitrogen and oxygen atoms in total. The van der Waals surface area contributed by atoms with Crippen molar-refractivity contribution in [2.24, 2.45) is 11.5 Å². The second-order valence-corrected chi connectivity index (χ2v) is 10.6. The number of β-amino-alcohol motifs (C(OH)–C–C–N with tert-alkyl or cyclic N) is 1. The lowest BCUT2D eigenvalue weighted by Gasteiger charge is -2.46. The molecule has 0 unspecified atom stereocenters. The van der Waals surface area contributed by atoms with Gasteiger partial charge in [0.2, 0.25) is 0 Å². The van der Waals surface area contributed by atoms with Crippen molar-refractivity contribution in [1.29, 1.82) is 0 Å². The third-order valence-electron chi connectivity index (χ3n) is 6.31. The van der Waals surface area contributed by atoms with Crippen LogP contribution in [0.2, 0.25) is 0 Å². The lowest BCUT2D eigenvalue weighted by molar-refractivity contribution is -0.0436. The molecule has 2 aromatic rings. The van der Waals surface area contributed by atoms with Crippen molar-refractivity contribution in [3.8, 4) is 0 Å². The van der Waals surface area contributed by atoms with E-state index < -0.39 is 26.1 Å². The van der Waals surface area contributed by atoms with Gasteiger partial charge in [-0.25, -0.2) is 8.42 Å². The third-order valence-corrected chi connectivity index (χ3v) is 7.81. The van der Waals surface area contributed by atoms with Crippen molar-refractivity contribution in [3.63, 3.8) is 0 Å².